The fourth-order valence-corrected chi connectivity index (χ4v) is 2.59. The Bertz CT molecular complexity index is 900. The largest absolute Gasteiger partial charge is 0.382 e. The van der Waals surface area contributed by atoms with Crippen molar-refractivity contribution in [1.29, 1.82) is 0 Å². The quantitative estimate of drug-likeness (QED) is 0.759. The summed E-state index contributed by atoms with van der Waals surface area (Å²) in [7, 11) is -3.20. The first-order valence-electron chi connectivity index (χ1n) is 6.10. The van der Waals surface area contributed by atoms with E-state index < -0.39 is 9.84 Å². The van der Waals surface area contributed by atoms with Crippen LogP contribution in [0.1, 0.15) is 0 Å². The molecule has 0 unspecified atom stereocenters. The lowest BCUT2D eigenvalue weighted by Crippen LogP contribution is -2.02. The maximum atomic E-state index is 11.4. The Balaban J connectivity index is 1.97. The second-order valence-electron chi connectivity index (χ2n) is 4.59. The molecule has 0 radical (unpaired) electrons. The number of anilines is 3. The van der Waals surface area contributed by atoms with Gasteiger partial charge in [-0.3, -0.25) is 0 Å². The first-order chi connectivity index (χ1) is 9.93. The number of rotatable bonds is 3. The molecule has 1 aromatic carbocycles. The van der Waals surface area contributed by atoms with E-state index in [0.717, 1.165) is 0 Å². The molecular weight excluding hydrogens is 290 g/mol. The van der Waals surface area contributed by atoms with Crippen molar-refractivity contribution < 1.29 is 8.42 Å². The summed E-state index contributed by atoms with van der Waals surface area (Å²) in [6.45, 7) is 0. The normalized spacial score (nSPS) is 11.7. The van der Waals surface area contributed by atoms with E-state index in [1.165, 1.54) is 18.4 Å². The minimum atomic E-state index is -3.20. The first kappa shape index (κ1) is 13.4. The van der Waals surface area contributed by atoms with E-state index in [4.69, 9.17) is 5.73 Å². The molecule has 0 aliphatic carbocycles. The van der Waals surface area contributed by atoms with Crippen molar-refractivity contribution in [3.05, 3.63) is 42.9 Å². The highest BCUT2D eigenvalue weighted by Crippen LogP contribution is 2.21. The van der Waals surface area contributed by atoms with Gasteiger partial charge in [-0.05, 0) is 24.3 Å². The number of hydrogen-bond donors (Lipinski definition) is 2. The number of sulfone groups is 1. The number of hydrogen-bond acceptors (Lipinski definition) is 6. The molecule has 0 amide bonds. The van der Waals surface area contributed by atoms with Crippen LogP contribution in [0.15, 0.2) is 47.8 Å². The summed E-state index contributed by atoms with van der Waals surface area (Å²) >= 11 is 0. The second-order valence-corrected chi connectivity index (χ2v) is 6.61. The number of aromatic nitrogens is 3. The molecule has 21 heavy (non-hydrogen) atoms. The number of nitrogens with one attached hydrogen (secondary N) is 1. The van der Waals surface area contributed by atoms with Gasteiger partial charge in [-0.15, -0.1) is 0 Å². The van der Waals surface area contributed by atoms with E-state index in [1.807, 2.05) is 0 Å². The van der Waals surface area contributed by atoms with Crippen LogP contribution < -0.4 is 11.1 Å². The number of nitrogen functional groups attached to an aromatic ring is 1. The van der Waals surface area contributed by atoms with Gasteiger partial charge < -0.3 is 15.5 Å². The average Bonchev–Trinajstić information content (AvgIpc) is 2.86. The summed E-state index contributed by atoms with van der Waals surface area (Å²) < 4.78 is 24.6. The number of imidazole rings is 1. The van der Waals surface area contributed by atoms with Gasteiger partial charge in [-0.25, -0.2) is 18.4 Å². The maximum Gasteiger partial charge on any atom is 0.180 e. The first-order valence-corrected chi connectivity index (χ1v) is 7.99. The molecule has 0 saturated carbocycles. The molecule has 2 aromatic heterocycles. The molecule has 0 bridgehead atoms. The van der Waals surface area contributed by atoms with Crippen LogP contribution in [0, 0.1) is 0 Å². The van der Waals surface area contributed by atoms with Crippen molar-refractivity contribution in [3.63, 3.8) is 0 Å². The predicted molar refractivity (Wildman–Crippen MR) is 80.2 cm³/mol. The van der Waals surface area contributed by atoms with Crippen LogP contribution in [0.5, 0.6) is 0 Å². The molecule has 7 nitrogen and oxygen atoms in total. The number of nitrogens with two attached hydrogens (primary N) is 1. The maximum absolute atomic E-state index is 11.4. The number of benzene rings is 1. The molecular formula is C13H13N5O2S. The molecule has 0 atom stereocenters. The molecule has 0 saturated heterocycles. The highest BCUT2D eigenvalue weighted by atomic mass is 32.2. The van der Waals surface area contributed by atoms with Gasteiger partial charge >= 0.3 is 0 Å². The van der Waals surface area contributed by atoms with Crippen molar-refractivity contribution in [2.24, 2.45) is 0 Å². The van der Waals surface area contributed by atoms with E-state index >= 15 is 0 Å². The molecule has 0 aliphatic heterocycles. The minimum Gasteiger partial charge on any atom is -0.382 e. The van der Waals surface area contributed by atoms with Crippen LogP contribution in [-0.4, -0.2) is 29.0 Å². The summed E-state index contributed by atoms with van der Waals surface area (Å²) in [5.74, 6) is 0.864. The summed E-state index contributed by atoms with van der Waals surface area (Å²) in [6, 6.07) is 6.40. The van der Waals surface area contributed by atoms with Gasteiger partial charge in [0.25, 0.3) is 0 Å². The van der Waals surface area contributed by atoms with Gasteiger partial charge in [-0.1, -0.05) is 0 Å². The Morgan fingerprint density at radius 2 is 1.95 bits per heavy atom. The van der Waals surface area contributed by atoms with Crippen molar-refractivity contribution in [3.8, 4) is 0 Å². The van der Waals surface area contributed by atoms with E-state index in [9.17, 15) is 8.42 Å². The zero-order valence-corrected chi connectivity index (χ0v) is 12.0. The fraction of sp³-hybridized carbons (Fsp3) is 0.0769. The lowest BCUT2D eigenvalue weighted by molar-refractivity contribution is 0.602. The molecule has 8 heteroatoms. The Morgan fingerprint density at radius 1 is 1.24 bits per heavy atom. The zero-order chi connectivity index (χ0) is 15.0. The standard InChI is InChI=1S/C13H13N5O2S/c1-21(19,20)10-4-2-9(3-5-10)16-12-13-15-6-7-18(13)8-11(14)17-12/h2-8H,14H2,1H3,(H,16,17). The van der Waals surface area contributed by atoms with Gasteiger partial charge in [-0.2, -0.15) is 0 Å². The van der Waals surface area contributed by atoms with Gasteiger partial charge in [0.05, 0.1) is 11.1 Å². The molecule has 3 N–H and O–H groups in total. The third kappa shape index (κ3) is 2.65. The van der Waals surface area contributed by atoms with Crippen molar-refractivity contribution in [1.82, 2.24) is 14.4 Å². The summed E-state index contributed by atoms with van der Waals surface area (Å²) in [4.78, 5) is 8.67. The second kappa shape index (κ2) is 4.74. The van der Waals surface area contributed by atoms with Crippen LogP contribution in [0.25, 0.3) is 5.65 Å². The van der Waals surface area contributed by atoms with E-state index in [-0.39, 0.29) is 4.90 Å². The predicted octanol–water partition coefficient (Wildman–Crippen LogP) is 1.46. The van der Waals surface area contributed by atoms with Crippen LogP contribution >= 0.6 is 0 Å². The SMILES string of the molecule is CS(=O)(=O)c1ccc(Nc2nc(N)cn3ccnc23)cc1. The molecule has 3 aromatic rings. The van der Waals surface area contributed by atoms with Crippen LogP contribution in [-0.2, 0) is 9.84 Å². The van der Waals surface area contributed by atoms with Crippen LogP contribution in [0.2, 0.25) is 0 Å². The Kier molecular flexibility index (Phi) is 3.02. The highest BCUT2D eigenvalue weighted by Gasteiger charge is 2.09. The van der Waals surface area contributed by atoms with Crippen molar-refractivity contribution >= 4 is 32.8 Å². The van der Waals surface area contributed by atoms with Gasteiger partial charge in [0.2, 0.25) is 0 Å². The molecule has 0 fully saturated rings. The topological polar surface area (TPSA) is 102 Å². The van der Waals surface area contributed by atoms with Crippen LogP contribution in [0.4, 0.5) is 17.3 Å². The lowest BCUT2D eigenvalue weighted by atomic mass is 10.3. The summed E-state index contributed by atoms with van der Waals surface area (Å²) in [5.41, 5.74) is 7.07. The number of fused-ring (bicyclic) bond motifs is 1. The minimum absolute atomic E-state index is 0.263. The number of nitrogens with zero attached hydrogens (tertiary/aromatic N) is 3. The fourth-order valence-electron chi connectivity index (χ4n) is 1.96. The third-order valence-corrected chi connectivity index (χ3v) is 4.07. The zero-order valence-electron chi connectivity index (χ0n) is 11.2. The van der Waals surface area contributed by atoms with Gasteiger partial charge in [0.15, 0.2) is 21.3 Å². The molecule has 2 heterocycles. The van der Waals surface area contributed by atoms with Crippen molar-refractivity contribution in [2.75, 3.05) is 17.3 Å². The third-order valence-electron chi connectivity index (χ3n) is 2.94. The van der Waals surface area contributed by atoms with Gasteiger partial charge in [0, 0.05) is 24.3 Å². The van der Waals surface area contributed by atoms with Crippen LogP contribution in [0.3, 0.4) is 0 Å². The summed E-state index contributed by atoms with van der Waals surface area (Å²) in [6.07, 6.45) is 6.25. The molecule has 3 rings (SSSR count). The molecule has 108 valence electrons. The molecule has 0 spiro atoms. The Morgan fingerprint density at radius 3 is 2.62 bits per heavy atom. The van der Waals surface area contributed by atoms with E-state index in [1.54, 1.807) is 35.1 Å². The highest BCUT2D eigenvalue weighted by molar-refractivity contribution is 7.90. The monoisotopic (exact) mass is 303 g/mol. The lowest BCUT2D eigenvalue weighted by Gasteiger charge is -2.08. The van der Waals surface area contributed by atoms with Crippen molar-refractivity contribution in [2.45, 2.75) is 4.90 Å². The Labute approximate surface area is 121 Å². The van der Waals surface area contributed by atoms with E-state index in [0.29, 0.717) is 23.0 Å². The average molecular weight is 303 g/mol. The van der Waals surface area contributed by atoms with E-state index in [2.05, 4.69) is 15.3 Å². The molecule has 0 aliphatic rings. The van der Waals surface area contributed by atoms with Gasteiger partial charge in [0.1, 0.15) is 5.82 Å². The smallest absolute Gasteiger partial charge is 0.180 e. The Hall–Kier alpha value is -2.61. The summed E-state index contributed by atoms with van der Waals surface area (Å²) in [5, 5.41) is 3.08.